The molecule has 0 bridgehead atoms. The predicted octanol–water partition coefficient (Wildman–Crippen LogP) is 3.93. The monoisotopic (exact) mass is 473 g/mol. The summed E-state index contributed by atoms with van der Waals surface area (Å²) in [7, 11) is 2.19. The van der Waals surface area contributed by atoms with Gasteiger partial charge in [-0.25, -0.2) is 0 Å². The molecular weight excluding hydrogens is 445 g/mol. The minimum atomic E-state index is -3.12. The molecule has 0 saturated heterocycles. The third-order valence-electron chi connectivity index (χ3n) is 5.90. The van der Waals surface area contributed by atoms with Crippen LogP contribution in [0.1, 0.15) is 6.42 Å². The zero-order valence-corrected chi connectivity index (χ0v) is 19.3. The van der Waals surface area contributed by atoms with Gasteiger partial charge in [0.1, 0.15) is 0 Å². The molecule has 0 aromatic heterocycles. The predicted molar refractivity (Wildman–Crippen MR) is 123 cm³/mol. The molecule has 0 amide bonds. The van der Waals surface area contributed by atoms with Crippen molar-refractivity contribution in [1.82, 2.24) is 4.90 Å². The molecular formula is C26H27NSn. The average Bonchev–Trinajstić information content (AvgIpc) is 2.78. The quantitative estimate of drug-likeness (QED) is 0.492. The molecule has 140 valence electrons. The third kappa shape index (κ3) is 3.81. The van der Waals surface area contributed by atoms with Gasteiger partial charge in [0.05, 0.1) is 0 Å². The minimum absolute atomic E-state index is 0.470. The molecule has 0 aliphatic carbocycles. The molecule has 1 aliphatic heterocycles. The van der Waals surface area contributed by atoms with Crippen LogP contribution in [0.3, 0.4) is 0 Å². The Morgan fingerprint density at radius 1 is 0.679 bits per heavy atom. The number of hydrogen-bond donors (Lipinski definition) is 0. The van der Waals surface area contributed by atoms with Crippen molar-refractivity contribution in [3.05, 3.63) is 115 Å². The molecule has 0 N–H and O–H groups in total. The van der Waals surface area contributed by atoms with Crippen molar-refractivity contribution in [3.63, 3.8) is 0 Å². The van der Waals surface area contributed by atoms with Crippen molar-refractivity contribution in [1.29, 1.82) is 0 Å². The molecule has 1 unspecified atom stereocenters. The fourth-order valence-corrected chi connectivity index (χ4v) is 18.3. The van der Waals surface area contributed by atoms with Gasteiger partial charge in [0, 0.05) is 0 Å². The fourth-order valence-electron chi connectivity index (χ4n) is 4.39. The molecule has 28 heavy (non-hydrogen) atoms. The van der Waals surface area contributed by atoms with Crippen LogP contribution < -0.4 is 10.7 Å². The van der Waals surface area contributed by atoms with E-state index < -0.39 is 18.4 Å². The summed E-state index contributed by atoms with van der Waals surface area (Å²) in [6, 6.07) is 34.4. The number of nitrogens with zero attached hydrogens (tertiary/aromatic N) is 1. The van der Waals surface area contributed by atoms with Gasteiger partial charge in [-0.2, -0.15) is 0 Å². The van der Waals surface area contributed by atoms with E-state index in [1.807, 2.05) is 0 Å². The summed E-state index contributed by atoms with van der Waals surface area (Å²) in [4.78, 5) is 2.34. The van der Waals surface area contributed by atoms with E-state index in [1.54, 1.807) is 10.7 Å². The van der Waals surface area contributed by atoms with Crippen molar-refractivity contribution in [2.75, 3.05) is 7.05 Å². The van der Waals surface area contributed by atoms with Gasteiger partial charge in [0.25, 0.3) is 0 Å². The molecule has 3 aromatic carbocycles. The topological polar surface area (TPSA) is 3.24 Å². The molecule has 1 atom stereocenters. The van der Waals surface area contributed by atoms with Gasteiger partial charge in [-0.05, 0) is 0 Å². The maximum atomic E-state index is 2.37. The Labute approximate surface area is 172 Å². The standard InChI is InChI=1S/C8H12N.3C6H5.Sn/c1-3-8-6-4-5-7-9(8)2;3*1-2-4-6-5-3-1;/h4-8H,1,3H2,2H3;3*1-5H;. The summed E-state index contributed by atoms with van der Waals surface area (Å²) in [5.74, 6) is 0. The summed E-state index contributed by atoms with van der Waals surface area (Å²) in [6.45, 7) is 0. The van der Waals surface area contributed by atoms with E-state index in [9.17, 15) is 0 Å². The van der Waals surface area contributed by atoms with Crippen molar-refractivity contribution < 1.29 is 0 Å². The van der Waals surface area contributed by atoms with Crippen LogP contribution in [0.2, 0.25) is 4.44 Å². The van der Waals surface area contributed by atoms with Crippen molar-refractivity contribution in [2.45, 2.75) is 16.9 Å². The molecule has 3 aromatic rings. The second-order valence-corrected chi connectivity index (χ2v) is 19.0. The Morgan fingerprint density at radius 3 is 1.57 bits per heavy atom. The normalized spacial score (nSPS) is 16.3. The van der Waals surface area contributed by atoms with E-state index >= 15 is 0 Å². The van der Waals surface area contributed by atoms with Gasteiger partial charge in [-0.3, -0.25) is 0 Å². The Kier molecular flexibility index (Phi) is 6.01. The molecule has 4 rings (SSSR count). The van der Waals surface area contributed by atoms with Gasteiger partial charge in [0.15, 0.2) is 0 Å². The average molecular weight is 472 g/mol. The fraction of sp³-hybridized carbons (Fsp3) is 0.154. The summed E-state index contributed by atoms with van der Waals surface area (Å²) in [5.41, 5.74) is 0. The Balaban J connectivity index is 1.83. The molecule has 0 fully saturated rings. The van der Waals surface area contributed by atoms with Gasteiger partial charge < -0.3 is 0 Å². The summed E-state index contributed by atoms with van der Waals surface area (Å²) >= 11 is -3.12. The van der Waals surface area contributed by atoms with Gasteiger partial charge >= 0.3 is 173 Å². The Bertz CT molecular complexity index is 835. The Hall–Kier alpha value is -2.26. The van der Waals surface area contributed by atoms with Crippen molar-refractivity contribution >= 4 is 29.1 Å². The zero-order chi connectivity index (χ0) is 19.2. The summed E-state index contributed by atoms with van der Waals surface area (Å²) in [6.07, 6.45) is 10.0. The van der Waals surface area contributed by atoms with Crippen LogP contribution in [0.15, 0.2) is 115 Å². The molecule has 0 radical (unpaired) electrons. The number of hydrogen-bond acceptors (Lipinski definition) is 1. The first-order valence-electron chi connectivity index (χ1n) is 10.0. The van der Waals surface area contributed by atoms with Gasteiger partial charge in [-0.1, -0.05) is 0 Å². The van der Waals surface area contributed by atoms with Crippen LogP contribution in [0.4, 0.5) is 0 Å². The first-order valence-corrected chi connectivity index (χ1v) is 16.3. The van der Waals surface area contributed by atoms with E-state index in [4.69, 9.17) is 0 Å². The van der Waals surface area contributed by atoms with Crippen LogP contribution in [-0.4, -0.2) is 36.4 Å². The third-order valence-corrected chi connectivity index (χ3v) is 20.2. The van der Waals surface area contributed by atoms with E-state index in [2.05, 4.69) is 127 Å². The van der Waals surface area contributed by atoms with E-state index in [0.29, 0.717) is 6.04 Å². The summed E-state index contributed by atoms with van der Waals surface area (Å²) in [5, 5.41) is 0. The maximum absolute atomic E-state index is 3.12. The van der Waals surface area contributed by atoms with Crippen LogP contribution in [0.25, 0.3) is 0 Å². The van der Waals surface area contributed by atoms with Gasteiger partial charge in [-0.15, -0.1) is 0 Å². The molecule has 2 heteroatoms. The zero-order valence-electron chi connectivity index (χ0n) is 16.4. The number of benzene rings is 3. The molecule has 1 nitrogen and oxygen atoms in total. The SMILES string of the molecule is CN1C=CC=CC1C[CH2][Sn]([c]1ccccc1)([c]1ccccc1)[c]1ccccc1. The molecule has 0 saturated carbocycles. The second-order valence-electron chi connectivity index (χ2n) is 7.50. The molecule has 1 heterocycles. The Morgan fingerprint density at radius 2 is 1.14 bits per heavy atom. The van der Waals surface area contributed by atoms with Crippen LogP contribution >= 0.6 is 0 Å². The van der Waals surface area contributed by atoms with Crippen molar-refractivity contribution in [2.24, 2.45) is 0 Å². The number of likely N-dealkylation sites (N-methyl/N-ethyl adjacent to an activating group) is 1. The number of rotatable bonds is 6. The van der Waals surface area contributed by atoms with E-state index in [0.717, 1.165) is 0 Å². The van der Waals surface area contributed by atoms with E-state index in [1.165, 1.54) is 10.9 Å². The second kappa shape index (κ2) is 8.83. The number of allylic oxidation sites excluding steroid dienone is 2. The molecule has 1 aliphatic rings. The first kappa shape index (κ1) is 19.1. The van der Waals surface area contributed by atoms with Crippen LogP contribution in [0, 0.1) is 0 Å². The first-order chi connectivity index (χ1) is 13.8. The van der Waals surface area contributed by atoms with E-state index in [-0.39, 0.29) is 0 Å². The van der Waals surface area contributed by atoms with Crippen molar-refractivity contribution in [3.8, 4) is 0 Å². The van der Waals surface area contributed by atoms with Crippen LogP contribution in [-0.2, 0) is 0 Å². The summed E-state index contributed by atoms with van der Waals surface area (Å²) < 4.78 is 5.94. The molecule has 0 spiro atoms. The van der Waals surface area contributed by atoms with Crippen LogP contribution in [0.5, 0.6) is 0 Å². The van der Waals surface area contributed by atoms with Gasteiger partial charge in [0.2, 0.25) is 0 Å².